The zero-order valence-corrected chi connectivity index (χ0v) is 14.0. The molecule has 130 valence electrons. The largest absolute Gasteiger partial charge is 0.347 e. The summed E-state index contributed by atoms with van der Waals surface area (Å²) in [5, 5.41) is 2.72. The maximum absolute atomic E-state index is 12.9. The standard InChI is InChI=1S/C21H17FN2O2/c22-17-11-9-16(10-12-17)14-23-21(26)19-8-4-7-18(24-19)20(25)13-15-5-2-1-3-6-15/h1-12H,13-14H2,(H,23,26). The smallest absolute Gasteiger partial charge is 0.270 e. The summed E-state index contributed by atoms with van der Waals surface area (Å²) in [6.07, 6.45) is 0.231. The summed E-state index contributed by atoms with van der Waals surface area (Å²) < 4.78 is 12.9. The monoisotopic (exact) mass is 348 g/mol. The van der Waals surface area contributed by atoms with Crippen LogP contribution in [0, 0.1) is 5.82 Å². The van der Waals surface area contributed by atoms with Crippen LogP contribution >= 0.6 is 0 Å². The lowest BCUT2D eigenvalue weighted by atomic mass is 10.1. The fourth-order valence-electron chi connectivity index (χ4n) is 2.46. The topological polar surface area (TPSA) is 59.1 Å². The highest BCUT2D eigenvalue weighted by Crippen LogP contribution is 2.08. The minimum Gasteiger partial charge on any atom is -0.347 e. The SMILES string of the molecule is O=C(Cc1ccccc1)c1cccc(C(=O)NCc2ccc(F)cc2)n1. The Balaban J connectivity index is 1.65. The van der Waals surface area contributed by atoms with Crippen molar-refractivity contribution < 1.29 is 14.0 Å². The molecule has 0 saturated heterocycles. The second kappa shape index (κ2) is 8.16. The van der Waals surface area contributed by atoms with E-state index in [4.69, 9.17) is 0 Å². The minimum absolute atomic E-state index is 0.149. The molecule has 1 amide bonds. The van der Waals surface area contributed by atoms with Gasteiger partial charge in [0.25, 0.3) is 5.91 Å². The highest BCUT2D eigenvalue weighted by atomic mass is 19.1. The predicted octanol–water partition coefficient (Wildman–Crippen LogP) is 3.58. The van der Waals surface area contributed by atoms with E-state index >= 15 is 0 Å². The fourth-order valence-corrected chi connectivity index (χ4v) is 2.46. The Morgan fingerprint density at radius 1 is 0.808 bits per heavy atom. The van der Waals surface area contributed by atoms with E-state index in [-0.39, 0.29) is 41.9 Å². The molecule has 0 atom stereocenters. The zero-order chi connectivity index (χ0) is 18.4. The molecule has 5 heteroatoms. The molecule has 26 heavy (non-hydrogen) atoms. The van der Waals surface area contributed by atoms with E-state index < -0.39 is 0 Å². The molecule has 0 bridgehead atoms. The molecule has 0 fully saturated rings. The van der Waals surface area contributed by atoms with E-state index in [1.807, 2.05) is 30.3 Å². The van der Waals surface area contributed by atoms with Crippen LogP contribution in [0.5, 0.6) is 0 Å². The van der Waals surface area contributed by atoms with E-state index in [2.05, 4.69) is 10.3 Å². The van der Waals surface area contributed by atoms with Crippen molar-refractivity contribution >= 4 is 11.7 Å². The van der Waals surface area contributed by atoms with Gasteiger partial charge in [-0.2, -0.15) is 0 Å². The number of carbonyl (C=O) groups is 2. The summed E-state index contributed by atoms with van der Waals surface area (Å²) in [4.78, 5) is 28.8. The Hall–Kier alpha value is -3.34. The van der Waals surface area contributed by atoms with Gasteiger partial charge in [0.1, 0.15) is 17.2 Å². The lowest BCUT2D eigenvalue weighted by Gasteiger charge is -2.06. The van der Waals surface area contributed by atoms with Crippen LogP contribution in [-0.4, -0.2) is 16.7 Å². The molecule has 4 nitrogen and oxygen atoms in total. The third-order valence-corrected chi connectivity index (χ3v) is 3.84. The number of nitrogens with zero attached hydrogens (tertiary/aromatic N) is 1. The summed E-state index contributed by atoms with van der Waals surface area (Å²) in [5.74, 6) is -0.862. The normalized spacial score (nSPS) is 10.3. The van der Waals surface area contributed by atoms with Crippen molar-refractivity contribution in [3.63, 3.8) is 0 Å². The number of amides is 1. The Morgan fingerprint density at radius 2 is 1.50 bits per heavy atom. The first-order valence-electron chi connectivity index (χ1n) is 8.18. The first-order chi connectivity index (χ1) is 12.6. The lowest BCUT2D eigenvalue weighted by molar-refractivity contribution is 0.0945. The average molecular weight is 348 g/mol. The minimum atomic E-state index is -0.385. The number of halogens is 1. The van der Waals surface area contributed by atoms with Gasteiger partial charge in [-0.05, 0) is 35.4 Å². The molecule has 0 saturated carbocycles. The molecule has 3 rings (SSSR count). The van der Waals surface area contributed by atoms with Gasteiger partial charge >= 0.3 is 0 Å². The quantitative estimate of drug-likeness (QED) is 0.693. The van der Waals surface area contributed by atoms with E-state index in [9.17, 15) is 14.0 Å². The summed E-state index contributed by atoms with van der Waals surface area (Å²) in [6, 6.07) is 20.0. The molecule has 1 N–H and O–H groups in total. The predicted molar refractivity (Wildman–Crippen MR) is 96.3 cm³/mol. The van der Waals surface area contributed by atoms with Gasteiger partial charge in [0.15, 0.2) is 5.78 Å². The van der Waals surface area contributed by atoms with Gasteiger partial charge in [-0.1, -0.05) is 48.5 Å². The van der Waals surface area contributed by atoms with Crippen molar-refractivity contribution in [1.82, 2.24) is 10.3 Å². The van der Waals surface area contributed by atoms with Gasteiger partial charge < -0.3 is 5.32 Å². The van der Waals surface area contributed by atoms with E-state index in [1.165, 1.54) is 12.1 Å². The molecule has 2 aromatic carbocycles. The van der Waals surface area contributed by atoms with Crippen molar-refractivity contribution in [2.45, 2.75) is 13.0 Å². The third-order valence-electron chi connectivity index (χ3n) is 3.84. The van der Waals surface area contributed by atoms with Crippen LogP contribution in [0.15, 0.2) is 72.8 Å². The molecule has 0 radical (unpaired) electrons. The Morgan fingerprint density at radius 3 is 2.23 bits per heavy atom. The molecular weight excluding hydrogens is 331 g/mol. The number of pyridine rings is 1. The summed E-state index contributed by atoms with van der Waals surface area (Å²) in [7, 11) is 0. The van der Waals surface area contributed by atoms with E-state index in [0.717, 1.165) is 11.1 Å². The number of aromatic nitrogens is 1. The second-order valence-corrected chi connectivity index (χ2v) is 5.80. The maximum Gasteiger partial charge on any atom is 0.270 e. The molecule has 0 unspecified atom stereocenters. The molecule has 0 aliphatic rings. The number of ketones is 1. The first kappa shape index (κ1) is 17.5. The average Bonchev–Trinajstić information content (AvgIpc) is 2.68. The number of carbonyl (C=O) groups excluding carboxylic acids is 2. The van der Waals surface area contributed by atoms with Crippen LogP contribution in [0.3, 0.4) is 0 Å². The summed E-state index contributed by atoms with van der Waals surface area (Å²) >= 11 is 0. The Bertz CT molecular complexity index is 909. The molecule has 0 spiro atoms. The van der Waals surface area contributed by atoms with Crippen molar-refractivity contribution in [3.05, 3.63) is 101 Å². The van der Waals surface area contributed by atoms with Gasteiger partial charge in [0.2, 0.25) is 0 Å². The van der Waals surface area contributed by atoms with Gasteiger partial charge in [-0.3, -0.25) is 9.59 Å². The summed E-state index contributed by atoms with van der Waals surface area (Å²) in [6.45, 7) is 0.253. The lowest BCUT2D eigenvalue weighted by Crippen LogP contribution is -2.24. The van der Waals surface area contributed by atoms with Gasteiger partial charge in [0, 0.05) is 13.0 Å². The molecule has 1 heterocycles. The summed E-state index contributed by atoms with van der Waals surface area (Å²) in [5.41, 5.74) is 2.09. The molecule has 0 aliphatic carbocycles. The van der Waals surface area contributed by atoms with Crippen molar-refractivity contribution in [1.29, 1.82) is 0 Å². The molecular formula is C21H17FN2O2. The number of Topliss-reactive ketones (excluding diaryl/α,β-unsaturated/α-hetero) is 1. The van der Waals surface area contributed by atoms with Gasteiger partial charge in [-0.15, -0.1) is 0 Å². The Labute approximate surface area is 150 Å². The van der Waals surface area contributed by atoms with Gasteiger partial charge in [0.05, 0.1) is 0 Å². The molecule has 0 aliphatic heterocycles. The van der Waals surface area contributed by atoms with Crippen LogP contribution in [0.1, 0.15) is 32.1 Å². The highest BCUT2D eigenvalue weighted by Gasteiger charge is 2.13. The van der Waals surface area contributed by atoms with Crippen molar-refractivity contribution in [2.24, 2.45) is 0 Å². The van der Waals surface area contributed by atoms with Crippen molar-refractivity contribution in [3.8, 4) is 0 Å². The highest BCUT2D eigenvalue weighted by molar-refractivity contribution is 5.98. The number of hydrogen-bond donors (Lipinski definition) is 1. The van der Waals surface area contributed by atoms with Crippen LogP contribution in [-0.2, 0) is 13.0 Å². The van der Waals surface area contributed by atoms with E-state index in [0.29, 0.717) is 0 Å². The number of hydrogen-bond acceptors (Lipinski definition) is 3. The van der Waals surface area contributed by atoms with Crippen LogP contribution in [0.25, 0.3) is 0 Å². The second-order valence-electron chi connectivity index (χ2n) is 5.80. The van der Waals surface area contributed by atoms with E-state index in [1.54, 1.807) is 30.3 Å². The maximum atomic E-state index is 12.9. The number of benzene rings is 2. The van der Waals surface area contributed by atoms with Crippen LogP contribution in [0.2, 0.25) is 0 Å². The third kappa shape index (κ3) is 4.60. The number of nitrogens with one attached hydrogen (secondary N) is 1. The van der Waals surface area contributed by atoms with Crippen LogP contribution in [0.4, 0.5) is 4.39 Å². The van der Waals surface area contributed by atoms with Crippen molar-refractivity contribution in [2.75, 3.05) is 0 Å². The molecule has 3 aromatic rings. The zero-order valence-electron chi connectivity index (χ0n) is 14.0. The van der Waals surface area contributed by atoms with Gasteiger partial charge in [-0.25, -0.2) is 9.37 Å². The first-order valence-corrected chi connectivity index (χ1v) is 8.18. The molecule has 1 aromatic heterocycles. The number of rotatable bonds is 6. The Kier molecular flexibility index (Phi) is 5.49. The van der Waals surface area contributed by atoms with Crippen LogP contribution < -0.4 is 5.32 Å². The fraction of sp³-hybridized carbons (Fsp3) is 0.0952.